The van der Waals surface area contributed by atoms with Crippen LogP contribution in [-0.2, 0) is 15.5 Å². The number of carbonyl (C=O) groups excluding carboxylic acids is 1. The monoisotopic (exact) mass is 546 g/mol. The summed E-state index contributed by atoms with van der Waals surface area (Å²) in [6, 6.07) is 7.90. The second-order valence-electron chi connectivity index (χ2n) is 8.63. The number of aromatic nitrogens is 2. The number of halogens is 2. The van der Waals surface area contributed by atoms with E-state index in [2.05, 4.69) is 25.0 Å². The molecule has 1 aromatic carbocycles. The van der Waals surface area contributed by atoms with Gasteiger partial charge in [-0.3, -0.25) is 0 Å². The van der Waals surface area contributed by atoms with Crippen LogP contribution in [0, 0.1) is 11.6 Å². The highest BCUT2D eigenvalue weighted by Crippen LogP contribution is 2.34. The fourth-order valence-corrected chi connectivity index (χ4v) is 4.99. The number of pyridine rings is 2. The van der Waals surface area contributed by atoms with Crippen molar-refractivity contribution in [2.24, 2.45) is 10.1 Å². The Bertz CT molecular complexity index is 1450. The highest BCUT2D eigenvalue weighted by atomic mass is 32.2. The van der Waals surface area contributed by atoms with Gasteiger partial charge in [-0.1, -0.05) is 0 Å². The third-order valence-corrected chi connectivity index (χ3v) is 6.79. The lowest BCUT2D eigenvalue weighted by Gasteiger charge is -2.16. The molecule has 1 aliphatic heterocycles. The Hall–Kier alpha value is -3.84. The summed E-state index contributed by atoms with van der Waals surface area (Å²) in [6.07, 6.45) is 3.44. The predicted molar refractivity (Wildman–Crippen MR) is 140 cm³/mol. The zero-order valence-electron chi connectivity index (χ0n) is 20.7. The Morgan fingerprint density at radius 3 is 2.79 bits per heavy atom. The number of ether oxygens (including phenoxy) is 2. The van der Waals surface area contributed by atoms with Crippen molar-refractivity contribution < 1.29 is 27.3 Å². The van der Waals surface area contributed by atoms with Gasteiger partial charge in [0.15, 0.2) is 0 Å². The lowest BCUT2D eigenvalue weighted by atomic mass is 10.0. The minimum Gasteiger partial charge on any atom is -0.493 e. The quantitative estimate of drug-likeness (QED) is 0.408. The van der Waals surface area contributed by atoms with E-state index >= 15 is 0 Å². The number of hydrogen-bond donors (Lipinski definition) is 3. The Morgan fingerprint density at radius 1 is 1.16 bits per heavy atom. The van der Waals surface area contributed by atoms with Crippen molar-refractivity contribution in [2.45, 2.75) is 18.6 Å². The van der Waals surface area contributed by atoms with E-state index in [-0.39, 0.29) is 42.0 Å². The lowest BCUT2D eigenvalue weighted by Crippen LogP contribution is -2.24. The molecule has 3 heterocycles. The topological polar surface area (TPSA) is 141 Å². The van der Waals surface area contributed by atoms with E-state index in [1.165, 1.54) is 30.5 Å². The van der Waals surface area contributed by atoms with E-state index in [1.807, 2.05) is 0 Å². The molecule has 1 aliphatic rings. The number of fused-ring (bicyclic) bond motifs is 6. The Kier molecular flexibility index (Phi) is 8.69. The molecule has 13 heteroatoms. The molecule has 1 atom stereocenters. The first kappa shape index (κ1) is 27.2. The van der Waals surface area contributed by atoms with E-state index in [9.17, 15) is 17.8 Å². The van der Waals surface area contributed by atoms with Crippen LogP contribution in [0.2, 0.25) is 0 Å². The van der Waals surface area contributed by atoms with Crippen molar-refractivity contribution >= 4 is 27.4 Å². The third-order valence-electron chi connectivity index (χ3n) is 5.37. The van der Waals surface area contributed by atoms with E-state index in [0.29, 0.717) is 42.9 Å². The van der Waals surface area contributed by atoms with Crippen molar-refractivity contribution in [2.75, 3.05) is 37.9 Å². The van der Waals surface area contributed by atoms with E-state index in [0.717, 1.165) is 6.20 Å². The average molecular weight is 547 g/mol. The molecular weight excluding hydrogens is 518 g/mol. The number of amides is 2. The number of nitrogens with two attached hydrogens (primary N) is 1. The predicted octanol–water partition coefficient (Wildman–Crippen LogP) is 3.98. The highest BCUT2D eigenvalue weighted by Gasteiger charge is 2.16. The van der Waals surface area contributed by atoms with Crippen LogP contribution >= 0.6 is 0 Å². The first-order chi connectivity index (χ1) is 18.2. The van der Waals surface area contributed by atoms with Gasteiger partial charge >= 0.3 is 6.03 Å². The number of nitrogens with one attached hydrogen (secondary N) is 2. The SMILES string of the molecule is CS(=O)(Cc1cc2nc(c1)OCCCOc1cc(F)ccc1-c1cc(ncc1F)N2)=NC(=O)NCCCN. The van der Waals surface area contributed by atoms with Crippen LogP contribution in [0.15, 0.2) is 47.0 Å². The molecular formula is C25H28F2N6O4S. The van der Waals surface area contributed by atoms with E-state index in [4.69, 9.17) is 15.2 Å². The molecule has 0 saturated heterocycles. The van der Waals surface area contributed by atoms with E-state index < -0.39 is 27.4 Å². The Labute approximate surface area is 219 Å². The number of nitrogens with zero attached hydrogens (tertiary/aromatic N) is 3. The second-order valence-corrected chi connectivity index (χ2v) is 11.0. The number of hydrogen-bond acceptors (Lipinski definition) is 8. The van der Waals surface area contributed by atoms with Crippen LogP contribution in [-0.4, -0.2) is 52.8 Å². The largest absolute Gasteiger partial charge is 0.493 e. The van der Waals surface area contributed by atoms with Gasteiger partial charge in [0.25, 0.3) is 0 Å². The summed E-state index contributed by atoms with van der Waals surface area (Å²) < 4.78 is 57.1. The molecule has 2 aromatic heterocycles. The molecule has 0 fully saturated rings. The van der Waals surface area contributed by atoms with Crippen molar-refractivity contribution in [3.63, 3.8) is 0 Å². The van der Waals surface area contributed by atoms with Gasteiger partial charge in [0, 0.05) is 42.5 Å². The molecule has 3 aromatic rings. The summed E-state index contributed by atoms with van der Waals surface area (Å²) in [7, 11) is -2.94. The van der Waals surface area contributed by atoms with Gasteiger partial charge in [0.2, 0.25) is 5.88 Å². The molecule has 0 spiro atoms. The zero-order chi connectivity index (χ0) is 27.1. The number of anilines is 2. The number of benzene rings is 1. The molecule has 4 rings (SSSR count). The molecule has 38 heavy (non-hydrogen) atoms. The maximum atomic E-state index is 14.8. The van der Waals surface area contributed by atoms with Crippen LogP contribution < -0.4 is 25.8 Å². The van der Waals surface area contributed by atoms with Crippen molar-refractivity contribution in [1.29, 1.82) is 0 Å². The van der Waals surface area contributed by atoms with Gasteiger partial charge in [-0.05, 0) is 42.8 Å². The van der Waals surface area contributed by atoms with Gasteiger partial charge < -0.3 is 25.8 Å². The van der Waals surface area contributed by atoms with Crippen LogP contribution in [0.3, 0.4) is 0 Å². The number of rotatable bonds is 5. The normalized spacial score (nSPS) is 14.4. The van der Waals surface area contributed by atoms with Crippen LogP contribution in [0.1, 0.15) is 18.4 Å². The van der Waals surface area contributed by atoms with Gasteiger partial charge in [0.05, 0.1) is 34.9 Å². The summed E-state index contributed by atoms with van der Waals surface area (Å²) >= 11 is 0. The van der Waals surface area contributed by atoms with Gasteiger partial charge in [-0.15, -0.1) is 4.36 Å². The van der Waals surface area contributed by atoms with Crippen LogP contribution in [0.4, 0.5) is 25.2 Å². The maximum absolute atomic E-state index is 14.8. The molecule has 4 N–H and O–H groups in total. The molecule has 0 radical (unpaired) electrons. The summed E-state index contributed by atoms with van der Waals surface area (Å²) in [4.78, 5) is 20.6. The molecule has 10 nitrogen and oxygen atoms in total. The zero-order valence-corrected chi connectivity index (χ0v) is 21.5. The molecule has 202 valence electrons. The summed E-state index contributed by atoms with van der Waals surface area (Å²) in [5.74, 6) is -0.170. The first-order valence-electron chi connectivity index (χ1n) is 11.9. The molecule has 2 amide bonds. The molecule has 4 bridgehead atoms. The summed E-state index contributed by atoms with van der Waals surface area (Å²) in [5.41, 5.74) is 6.50. The van der Waals surface area contributed by atoms with Gasteiger partial charge in [-0.2, -0.15) is 4.98 Å². The maximum Gasteiger partial charge on any atom is 0.349 e. The summed E-state index contributed by atoms with van der Waals surface area (Å²) in [6.45, 7) is 1.15. The van der Waals surface area contributed by atoms with Crippen molar-refractivity contribution in [3.8, 4) is 22.8 Å². The molecule has 0 aliphatic carbocycles. The highest BCUT2D eigenvalue weighted by molar-refractivity contribution is 7.92. The second kappa shape index (κ2) is 12.1. The lowest BCUT2D eigenvalue weighted by molar-refractivity contribution is 0.242. The number of urea groups is 1. The van der Waals surface area contributed by atoms with Crippen LogP contribution in [0.25, 0.3) is 11.1 Å². The third kappa shape index (κ3) is 7.35. The number of carbonyl (C=O) groups is 1. The fraction of sp³-hybridized carbons (Fsp3) is 0.320. The van der Waals surface area contributed by atoms with Gasteiger partial charge in [0.1, 0.15) is 29.0 Å². The minimum absolute atomic E-state index is 0.0466. The Morgan fingerprint density at radius 2 is 1.97 bits per heavy atom. The minimum atomic E-state index is -2.94. The Balaban J connectivity index is 1.67. The smallest absolute Gasteiger partial charge is 0.349 e. The average Bonchev–Trinajstić information content (AvgIpc) is 2.84. The van der Waals surface area contributed by atoms with Crippen molar-refractivity contribution in [3.05, 3.63) is 59.8 Å². The van der Waals surface area contributed by atoms with E-state index in [1.54, 1.807) is 12.1 Å². The van der Waals surface area contributed by atoms with Crippen molar-refractivity contribution in [1.82, 2.24) is 15.3 Å². The standard InChI is InChI=1S/C25H28F2N6O4S/c1-38(35,33-25(34)29-7-2-6-28)15-16-10-23-31-22-13-19(20(27)14-30-22)18-5-4-17(26)12-21(18)36-8-3-9-37-24(11-16)32-23/h4-5,10-14H,2-3,6-9,15,28H2,1H3,(H,29,34)(H,30,31,32). The molecule has 0 saturated carbocycles. The van der Waals surface area contributed by atoms with Gasteiger partial charge in [-0.25, -0.2) is 22.8 Å². The summed E-state index contributed by atoms with van der Waals surface area (Å²) in [5, 5.41) is 5.57. The fourth-order valence-electron chi connectivity index (χ4n) is 3.73. The molecule has 1 unspecified atom stereocenters. The first-order valence-corrected chi connectivity index (χ1v) is 14.0. The van der Waals surface area contributed by atoms with Crippen LogP contribution in [0.5, 0.6) is 11.6 Å².